The monoisotopic (exact) mass is 243 g/mol. The van der Waals surface area contributed by atoms with Gasteiger partial charge in [0.2, 0.25) is 0 Å². The van der Waals surface area contributed by atoms with Crippen LogP contribution in [0.2, 0.25) is 5.02 Å². The summed E-state index contributed by atoms with van der Waals surface area (Å²) in [4.78, 5) is 0. The van der Waals surface area contributed by atoms with Crippen LogP contribution >= 0.6 is 11.6 Å². The van der Waals surface area contributed by atoms with Gasteiger partial charge in [-0.1, -0.05) is 18.5 Å². The molecule has 0 aromatic heterocycles. The number of unbranched alkanes of at least 4 members (excludes halogenated alkanes) is 1. The van der Waals surface area contributed by atoms with E-state index in [1.807, 2.05) is 6.07 Å². The van der Waals surface area contributed by atoms with Crippen molar-refractivity contribution in [2.24, 2.45) is 0 Å². The summed E-state index contributed by atoms with van der Waals surface area (Å²) >= 11 is 5.78. The van der Waals surface area contributed by atoms with Crippen molar-refractivity contribution in [3.63, 3.8) is 0 Å². The molecule has 0 saturated carbocycles. The van der Waals surface area contributed by atoms with Gasteiger partial charge in [-0.25, -0.2) is 4.39 Å². The van der Waals surface area contributed by atoms with Gasteiger partial charge in [0.15, 0.2) is 0 Å². The van der Waals surface area contributed by atoms with Crippen LogP contribution in [0.5, 0.6) is 0 Å². The molecular formula is C13H19ClFN. The number of benzene rings is 1. The summed E-state index contributed by atoms with van der Waals surface area (Å²) in [6.07, 6.45) is 4.25. The first kappa shape index (κ1) is 13.5. The summed E-state index contributed by atoms with van der Waals surface area (Å²) in [7, 11) is 0. The van der Waals surface area contributed by atoms with E-state index < -0.39 is 0 Å². The summed E-state index contributed by atoms with van der Waals surface area (Å²) < 4.78 is 13.0. The molecule has 0 amide bonds. The van der Waals surface area contributed by atoms with Crippen LogP contribution in [0, 0.1) is 5.82 Å². The Hall–Kier alpha value is -0.600. The van der Waals surface area contributed by atoms with E-state index in [2.05, 4.69) is 12.2 Å². The quantitative estimate of drug-likeness (QED) is 0.719. The predicted octanol–water partition coefficient (Wildman–Crippen LogP) is 3.80. The van der Waals surface area contributed by atoms with Crippen LogP contribution in [0.15, 0.2) is 18.2 Å². The third kappa shape index (κ3) is 5.47. The van der Waals surface area contributed by atoms with Crippen LogP contribution in [0.4, 0.5) is 4.39 Å². The van der Waals surface area contributed by atoms with Gasteiger partial charge in [0.25, 0.3) is 0 Å². The molecule has 1 rings (SSSR count). The highest BCUT2D eigenvalue weighted by Gasteiger charge is 1.99. The number of halogens is 2. The molecular weight excluding hydrogens is 225 g/mol. The Morgan fingerprint density at radius 2 is 2.00 bits per heavy atom. The van der Waals surface area contributed by atoms with Gasteiger partial charge in [0.05, 0.1) is 0 Å². The maximum Gasteiger partial charge on any atom is 0.124 e. The Labute approximate surface area is 102 Å². The van der Waals surface area contributed by atoms with E-state index in [-0.39, 0.29) is 5.82 Å². The first-order valence-electron chi connectivity index (χ1n) is 5.88. The maximum absolute atomic E-state index is 13.0. The van der Waals surface area contributed by atoms with Gasteiger partial charge in [0.1, 0.15) is 5.82 Å². The van der Waals surface area contributed by atoms with Gasteiger partial charge < -0.3 is 5.32 Å². The molecule has 0 saturated heterocycles. The summed E-state index contributed by atoms with van der Waals surface area (Å²) in [6.45, 7) is 4.27. The normalized spacial score (nSPS) is 10.7. The summed E-state index contributed by atoms with van der Waals surface area (Å²) in [5.74, 6) is -0.244. The van der Waals surface area contributed by atoms with Crippen molar-refractivity contribution in [2.75, 3.05) is 13.1 Å². The highest BCUT2D eigenvalue weighted by Crippen LogP contribution is 2.15. The van der Waals surface area contributed by atoms with E-state index in [0.29, 0.717) is 5.02 Å². The number of hydrogen-bond acceptors (Lipinski definition) is 1. The maximum atomic E-state index is 13.0. The minimum atomic E-state index is -0.244. The molecule has 16 heavy (non-hydrogen) atoms. The average Bonchev–Trinajstić information content (AvgIpc) is 2.22. The zero-order valence-electron chi connectivity index (χ0n) is 9.73. The highest BCUT2D eigenvalue weighted by atomic mass is 35.5. The van der Waals surface area contributed by atoms with Gasteiger partial charge in [-0.15, -0.1) is 0 Å². The Morgan fingerprint density at radius 1 is 1.19 bits per heavy atom. The molecule has 0 aliphatic rings. The Balaban J connectivity index is 2.21. The first-order chi connectivity index (χ1) is 7.72. The molecule has 90 valence electrons. The lowest BCUT2D eigenvalue weighted by atomic mass is 10.1. The van der Waals surface area contributed by atoms with Crippen LogP contribution in [-0.4, -0.2) is 13.1 Å². The number of rotatable bonds is 7. The molecule has 0 fully saturated rings. The van der Waals surface area contributed by atoms with Gasteiger partial charge >= 0.3 is 0 Å². The van der Waals surface area contributed by atoms with Crippen LogP contribution < -0.4 is 5.32 Å². The lowest BCUT2D eigenvalue weighted by Crippen LogP contribution is -2.15. The highest BCUT2D eigenvalue weighted by molar-refractivity contribution is 6.30. The third-order valence-corrected chi connectivity index (χ3v) is 2.64. The van der Waals surface area contributed by atoms with E-state index in [4.69, 9.17) is 11.6 Å². The molecule has 1 N–H and O–H groups in total. The zero-order valence-corrected chi connectivity index (χ0v) is 10.5. The molecule has 0 bridgehead atoms. The average molecular weight is 244 g/mol. The molecule has 0 heterocycles. The second kappa shape index (κ2) is 7.64. The van der Waals surface area contributed by atoms with Crippen molar-refractivity contribution in [2.45, 2.75) is 32.6 Å². The van der Waals surface area contributed by atoms with E-state index in [9.17, 15) is 4.39 Å². The Morgan fingerprint density at radius 3 is 2.69 bits per heavy atom. The fraction of sp³-hybridized carbons (Fsp3) is 0.538. The largest absolute Gasteiger partial charge is 0.317 e. The van der Waals surface area contributed by atoms with Crippen LogP contribution in [0.1, 0.15) is 31.7 Å². The number of aryl methyl sites for hydroxylation is 1. The lowest BCUT2D eigenvalue weighted by Gasteiger charge is -2.04. The molecule has 1 nitrogen and oxygen atoms in total. The first-order valence-corrected chi connectivity index (χ1v) is 6.26. The SMILES string of the molecule is CCCNCCCCc1cc(F)cc(Cl)c1. The second-order valence-electron chi connectivity index (χ2n) is 3.98. The van der Waals surface area contributed by atoms with Crippen molar-refractivity contribution in [3.8, 4) is 0 Å². The standard InChI is InChI=1S/C13H19ClFN/c1-2-6-16-7-4-3-5-11-8-12(14)10-13(15)9-11/h8-10,16H,2-7H2,1H3. The van der Waals surface area contributed by atoms with Crippen LogP contribution in [0.25, 0.3) is 0 Å². The topological polar surface area (TPSA) is 12.0 Å². The Bertz CT molecular complexity index is 295. The fourth-order valence-corrected chi connectivity index (χ4v) is 1.88. The molecule has 0 atom stereocenters. The van der Waals surface area contributed by atoms with Crippen molar-refractivity contribution in [3.05, 3.63) is 34.6 Å². The van der Waals surface area contributed by atoms with Crippen molar-refractivity contribution < 1.29 is 4.39 Å². The van der Waals surface area contributed by atoms with Gasteiger partial charge in [0, 0.05) is 5.02 Å². The van der Waals surface area contributed by atoms with Crippen molar-refractivity contribution in [1.82, 2.24) is 5.32 Å². The molecule has 0 aliphatic heterocycles. The van der Waals surface area contributed by atoms with Crippen molar-refractivity contribution >= 4 is 11.6 Å². The van der Waals surface area contributed by atoms with Gasteiger partial charge in [-0.3, -0.25) is 0 Å². The summed E-state index contributed by atoms with van der Waals surface area (Å²) in [5.41, 5.74) is 0.987. The number of hydrogen-bond donors (Lipinski definition) is 1. The van der Waals surface area contributed by atoms with E-state index in [1.54, 1.807) is 6.07 Å². The molecule has 0 unspecified atom stereocenters. The molecule has 1 aromatic rings. The van der Waals surface area contributed by atoms with Gasteiger partial charge in [-0.05, 0) is 62.5 Å². The summed E-state index contributed by atoms with van der Waals surface area (Å²) in [6, 6.07) is 4.74. The minimum Gasteiger partial charge on any atom is -0.317 e. The fourth-order valence-electron chi connectivity index (χ4n) is 1.64. The molecule has 1 aromatic carbocycles. The number of nitrogens with one attached hydrogen (secondary N) is 1. The zero-order chi connectivity index (χ0) is 11.8. The van der Waals surface area contributed by atoms with Crippen LogP contribution in [0.3, 0.4) is 0 Å². The molecule has 3 heteroatoms. The van der Waals surface area contributed by atoms with Crippen LogP contribution in [-0.2, 0) is 6.42 Å². The molecule has 0 radical (unpaired) electrons. The van der Waals surface area contributed by atoms with E-state index in [0.717, 1.165) is 37.9 Å². The predicted molar refractivity (Wildman–Crippen MR) is 67.5 cm³/mol. The van der Waals surface area contributed by atoms with Gasteiger partial charge in [-0.2, -0.15) is 0 Å². The second-order valence-corrected chi connectivity index (χ2v) is 4.42. The smallest absolute Gasteiger partial charge is 0.124 e. The van der Waals surface area contributed by atoms with Crippen molar-refractivity contribution in [1.29, 1.82) is 0 Å². The minimum absolute atomic E-state index is 0.244. The molecule has 0 aliphatic carbocycles. The van der Waals surface area contributed by atoms with E-state index >= 15 is 0 Å². The third-order valence-electron chi connectivity index (χ3n) is 2.42. The lowest BCUT2D eigenvalue weighted by molar-refractivity contribution is 0.609. The molecule has 0 spiro atoms. The van der Waals surface area contributed by atoms with E-state index in [1.165, 1.54) is 12.5 Å². The Kier molecular flexibility index (Phi) is 6.43. The summed E-state index contributed by atoms with van der Waals surface area (Å²) in [5, 5.41) is 3.83.